The third-order valence-corrected chi connectivity index (χ3v) is 3.61. The number of urea groups is 1. The molecule has 0 aliphatic rings. The van der Waals surface area contributed by atoms with Crippen molar-refractivity contribution in [3.05, 3.63) is 34.3 Å². The van der Waals surface area contributed by atoms with E-state index in [0.29, 0.717) is 6.54 Å². The number of carbonyl (C=O) groups is 1. The molecule has 3 N–H and O–H groups in total. The van der Waals surface area contributed by atoms with Crippen LogP contribution >= 0.6 is 15.9 Å². The van der Waals surface area contributed by atoms with Crippen LogP contribution in [-0.4, -0.2) is 23.8 Å². The van der Waals surface area contributed by atoms with E-state index in [1.807, 2.05) is 38.1 Å². The summed E-state index contributed by atoms with van der Waals surface area (Å²) in [5.41, 5.74) is 1.02. The number of aliphatic hydroxyl groups excluding tert-OH is 1. The van der Waals surface area contributed by atoms with E-state index in [0.717, 1.165) is 16.5 Å². The molecule has 0 saturated heterocycles. The van der Waals surface area contributed by atoms with E-state index in [-0.39, 0.29) is 18.5 Å². The van der Waals surface area contributed by atoms with Crippen molar-refractivity contribution < 1.29 is 9.90 Å². The highest BCUT2D eigenvalue weighted by Gasteiger charge is 2.12. The molecule has 2 atom stereocenters. The Balaban J connectivity index is 2.28. The third kappa shape index (κ3) is 6.07. The molecular formula is C14H21BrN2O2. The molecule has 0 radical (unpaired) electrons. The summed E-state index contributed by atoms with van der Waals surface area (Å²) >= 11 is 3.38. The molecule has 106 valence electrons. The Morgan fingerprint density at radius 1 is 1.42 bits per heavy atom. The van der Waals surface area contributed by atoms with Crippen molar-refractivity contribution in [1.82, 2.24) is 10.6 Å². The lowest BCUT2D eigenvalue weighted by molar-refractivity contribution is 0.114. The summed E-state index contributed by atoms with van der Waals surface area (Å²) in [6.07, 6.45) is 0.393. The predicted molar refractivity (Wildman–Crippen MR) is 79.8 cm³/mol. The number of aliphatic hydroxyl groups is 1. The van der Waals surface area contributed by atoms with Crippen molar-refractivity contribution in [2.75, 3.05) is 6.54 Å². The van der Waals surface area contributed by atoms with Gasteiger partial charge in [0.1, 0.15) is 0 Å². The molecule has 0 bridgehead atoms. The van der Waals surface area contributed by atoms with Crippen LogP contribution in [0.3, 0.4) is 0 Å². The van der Waals surface area contributed by atoms with Crippen molar-refractivity contribution in [1.29, 1.82) is 0 Å². The summed E-state index contributed by atoms with van der Waals surface area (Å²) in [6.45, 7) is 4.72. The van der Waals surface area contributed by atoms with Crippen LogP contribution < -0.4 is 10.6 Å². The lowest BCUT2D eigenvalue weighted by atomic mass is 10.0. The van der Waals surface area contributed by atoms with Crippen LogP contribution in [0.5, 0.6) is 0 Å². The van der Waals surface area contributed by atoms with Gasteiger partial charge in [0.25, 0.3) is 0 Å². The van der Waals surface area contributed by atoms with E-state index in [1.54, 1.807) is 0 Å². The van der Waals surface area contributed by atoms with Gasteiger partial charge in [-0.2, -0.15) is 0 Å². The van der Waals surface area contributed by atoms with Crippen LogP contribution in [0, 0.1) is 5.92 Å². The van der Waals surface area contributed by atoms with Gasteiger partial charge < -0.3 is 15.7 Å². The second kappa shape index (κ2) is 8.17. The first kappa shape index (κ1) is 16.0. The minimum Gasteiger partial charge on any atom is -0.391 e. The summed E-state index contributed by atoms with van der Waals surface area (Å²) in [5, 5.41) is 15.2. The Kier molecular flexibility index (Phi) is 6.87. The van der Waals surface area contributed by atoms with E-state index >= 15 is 0 Å². The van der Waals surface area contributed by atoms with Crippen molar-refractivity contribution in [3.8, 4) is 0 Å². The average molecular weight is 329 g/mol. The topological polar surface area (TPSA) is 61.4 Å². The highest BCUT2D eigenvalue weighted by molar-refractivity contribution is 9.10. The van der Waals surface area contributed by atoms with Gasteiger partial charge >= 0.3 is 6.03 Å². The summed E-state index contributed by atoms with van der Waals surface area (Å²) in [4.78, 5) is 11.6. The van der Waals surface area contributed by atoms with Crippen LogP contribution in [-0.2, 0) is 6.54 Å². The van der Waals surface area contributed by atoms with Crippen LogP contribution in [0.2, 0.25) is 0 Å². The maximum absolute atomic E-state index is 11.6. The second-order valence-corrected chi connectivity index (χ2v) is 5.56. The van der Waals surface area contributed by atoms with Crippen LogP contribution in [0.15, 0.2) is 28.7 Å². The van der Waals surface area contributed by atoms with E-state index in [2.05, 4.69) is 26.6 Å². The number of hydrogen-bond acceptors (Lipinski definition) is 2. The summed E-state index contributed by atoms with van der Waals surface area (Å²) in [6, 6.07) is 7.49. The number of rotatable bonds is 6. The maximum atomic E-state index is 11.6. The van der Waals surface area contributed by atoms with Crippen LogP contribution in [0.4, 0.5) is 4.79 Å². The van der Waals surface area contributed by atoms with Crippen LogP contribution in [0.25, 0.3) is 0 Å². The molecule has 0 saturated carbocycles. The molecule has 2 amide bonds. The highest BCUT2D eigenvalue weighted by Crippen LogP contribution is 2.11. The smallest absolute Gasteiger partial charge is 0.315 e. The molecule has 1 aromatic rings. The molecule has 0 fully saturated rings. The van der Waals surface area contributed by atoms with E-state index < -0.39 is 6.10 Å². The number of halogens is 1. The Bertz CT molecular complexity index is 412. The van der Waals surface area contributed by atoms with E-state index in [4.69, 9.17) is 0 Å². The van der Waals surface area contributed by atoms with Gasteiger partial charge in [-0.3, -0.25) is 0 Å². The predicted octanol–water partition coefficient (Wildman–Crippen LogP) is 2.66. The normalized spacial score (nSPS) is 13.7. The van der Waals surface area contributed by atoms with Crippen molar-refractivity contribution >= 4 is 22.0 Å². The minimum atomic E-state index is -0.499. The van der Waals surface area contributed by atoms with Gasteiger partial charge in [-0.1, -0.05) is 48.3 Å². The van der Waals surface area contributed by atoms with Gasteiger partial charge in [-0.15, -0.1) is 0 Å². The fourth-order valence-corrected chi connectivity index (χ4v) is 2.01. The lowest BCUT2D eigenvalue weighted by Crippen LogP contribution is -2.41. The Morgan fingerprint density at radius 2 is 2.16 bits per heavy atom. The average Bonchev–Trinajstić information content (AvgIpc) is 2.41. The molecule has 0 spiro atoms. The molecule has 5 heteroatoms. The quantitative estimate of drug-likeness (QED) is 0.751. The van der Waals surface area contributed by atoms with Gasteiger partial charge in [0.2, 0.25) is 0 Å². The lowest BCUT2D eigenvalue weighted by Gasteiger charge is -2.17. The van der Waals surface area contributed by atoms with E-state index in [1.165, 1.54) is 0 Å². The number of benzene rings is 1. The van der Waals surface area contributed by atoms with E-state index in [9.17, 15) is 9.90 Å². The molecule has 2 unspecified atom stereocenters. The molecular weight excluding hydrogens is 308 g/mol. The van der Waals surface area contributed by atoms with Gasteiger partial charge in [0.05, 0.1) is 6.10 Å². The Labute approximate surface area is 122 Å². The molecule has 19 heavy (non-hydrogen) atoms. The molecule has 4 nitrogen and oxygen atoms in total. The summed E-state index contributed by atoms with van der Waals surface area (Å²) in [5.74, 6) is 0.186. The molecule has 0 aliphatic carbocycles. The number of nitrogens with one attached hydrogen (secondary N) is 2. The molecule has 0 aliphatic heterocycles. The summed E-state index contributed by atoms with van der Waals surface area (Å²) < 4.78 is 0.986. The zero-order valence-corrected chi connectivity index (χ0v) is 12.9. The first-order chi connectivity index (χ1) is 9.02. The second-order valence-electron chi connectivity index (χ2n) is 4.65. The first-order valence-electron chi connectivity index (χ1n) is 6.47. The van der Waals surface area contributed by atoms with Crippen LogP contribution in [0.1, 0.15) is 25.8 Å². The molecule has 0 aromatic heterocycles. The number of amides is 2. The highest BCUT2D eigenvalue weighted by atomic mass is 79.9. The molecule has 1 aromatic carbocycles. The van der Waals surface area contributed by atoms with Gasteiger partial charge in [0, 0.05) is 17.6 Å². The standard InChI is InChI=1S/C14H21BrN2O2/c1-3-10(2)13(18)9-17-14(19)16-8-11-5-4-6-12(15)7-11/h4-7,10,13,18H,3,8-9H2,1-2H3,(H2,16,17,19). The Hall–Kier alpha value is -1.07. The minimum absolute atomic E-state index is 0.186. The third-order valence-electron chi connectivity index (χ3n) is 3.11. The zero-order valence-electron chi connectivity index (χ0n) is 11.3. The van der Waals surface area contributed by atoms with Gasteiger partial charge in [-0.25, -0.2) is 4.79 Å². The van der Waals surface area contributed by atoms with Crippen molar-refractivity contribution in [2.45, 2.75) is 32.9 Å². The van der Waals surface area contributed by atoms with Crippen molar-refractivity contribution in [3.63, 3.8) is 0 Å². The molecule has 0 heterocycles. The fourth-order valence-electron chi connectivity index (χ4n) is 1.56. The first-order valence-corrected chi connectivity index (χ1v) is 7.26. The fraction of sp³-hybridized carbons (Fsp3) is 0.500. The monoisotopic (exact) mass is 328 g/mol. The summed E-state index contributed by atoms with van der Waals surface area (Å²) in [7, 11) is 0. The zero-order chi connectivity index (χ0) is 14.3. The van der Waals surface area contributed by atoms with Gasteiger partial charge in [0.15, 0.2) is 0 Å². The Morgan fingerprint density at radius 3 is 2.79 bits per heavy atom. The SMILES string of the molecule is CCC(C)C(O)CNC(=O)NCc1cccc(Br)c1. The maximum Gasteiger partial charge on any atom is 0.315 e. The molecule has 1 rings (SSSR count). The number of carbonyl (C=O) groups excluding carboxylic acids is 1. The largest absolute Gasteiger partial charge is 0.391 e. The van der Waals surface area contributed by atoms with Gasteiger partial charge in [-0.05, 0) is 23.6 Å². The van der Waals surface area contributed by atoms with Crippen molar-refractivity contribution in [2.24, 2.45) is 5.92 Å². The number of hydrogen-bond donors (Lipinski definition) is 3.